The van der Waals surface area contributed by atoms with E-state index >= 15 is 0 Å². The monoisotopic (exact) mass is 345 g/mol. The fraction of sp³-hybridized carbons (Fsp3) is 0.611. The molecule has 0 saturated carbocycles. The Morgan fingerprint density at radius 1 is 1.32 bits per heavy atom. The maximum atomic E-state index is 12.7. The summed E-state index contributed by atoms with van der Waals surface area (Å²) in [5.74, 6) is 0.908. The van der Waals surface area contributed by atoms with Crippen molar-refractivity contribution in [3.8, 4) is 0 Å². The van der Waals surface area contributed by atoms with E-state index in [0.717, 1.165) is 49.6 Å². The van der Waals surface area contributed by atoms with Crippen molar-refractivity contribution in [3.63, 3.8) is 0 Å². The molecule has 7 nitrogen and oxygen atoms in total. The molecular formula is C18H27N5O2. The average Bonchev–Trinajstić information content (AvgIpc) is 3.10. The largest absolute Gasteiger partial charge is 0.361 e. The predicted octanol–water partition coefficient (Wildman–Crippen LogP) is 2.07. The number of nitrogens with zero attached hydrogens (tertiary/aromatic N) is 5. The van der Waals surface area contributed by atoms with E-state index in [1.807, 2.05) is 45.8 Å². The molecule has 1 fully saturated rings. The summed E-state index contributed by atoms with van der Waals surface area (Å²) in [6, 6.07) is 2.11. The van der Waals surface area contributed by atoms with E-state index in [-0.39, 0.29) is 11.9 Å². The lowest BCUT2D eigenvalue weighted by Crippen LogP contribution is -2.45. The molecule has 1 saturated heterocycles. The Labute approximate surface area is 148 Å². The SMILES string of the molecule is Cc1noc(C)c1CN1CCC(N(C)C(=O)c2cc(C)n(C)n2)CC1. The van der Waals surface area contributed by atoms with Gasteiger partial charge in [0.15, 0.2) is 5.69 Å². The first-order chi connectivity index (χ1) is 11.9. The third-order valence-corrected chi connectivity index (χ3v) is 5.32. The Balaban J connectivity index is 1.57. The molecule has 2 aromatic heterocycles. The van der Waals surface area contributed by atoms with Gasteiger partial charge in [0.05, 0.1) is 5.69 Å². The quantitative estimate of drug-likeness (QED) is 0.849. The van der Waals surface area contributed by atoms with Crippen LogP contribution in [-0.4, -0.2) is 56.8 Å². The van der Waals surface area contributed by atoms with Gasteiger partial charge < -0.3 is 9.42 Å². The summed E-state index contributed by atoms with van der Waals surface area (Å²) >= 11 is 0. The summed E-state index contributed by atoms with van der Waals surface area (Å²) in [6.07, 6.45) is 1.94. The Kier molecular flexibility index (Phi) is 4.94. The van der Waals surface area contributed by atoms with Crippen LogP contribution in [0.25, 0.3) is 0 Å². The summed E-state index contributed by atoms with van der Waals surface area (Å²) < 4.78 is 6.99. The molecule has 0 aliphatic carbocycles. The molecule has 0 spiro atoms. The van der Waals surface area contributed by atoms with Crippen LogP contribution < -0.4 is 0 Å². The van der Waals surface area contributed by atoms with Gasteiger partial charge in [-0.05, 0) is 39.7 Å². The normalized spacial score (nSPS) is 16.4. The van der Waals surface area contributed by atoms with Crippen molar-refractivity contribution in [3.05, 3.63) is 34.5 Å². The Bertz CT molecular complexity index is 717. The molecule has 0 unspecified atom stereocenters. The minimum Gasteiger partial charge on any atom is -0.361 e. The van der Waals surface area contributed by atoms with Crippen molar-refractivity contribution < 1.29 is 9.32 Å². The van der Waals surface area contributed by atoms with Gasteiger partial charge in [-0.25, -0.2) is 0 Å². The fourth-order valence-electron chi connectivity index (χ4n) is 3.43. The standard InChI is InChI=1S/C18H27N5O2/c1-12-10-17(19-22(12)5)18(24)21(4)15-6-8-23(9-7-15)11-16-13(2)20-25-14(16)3/h10,15H,6-9,11H2,1-5H3. The molecule has 3 rings (SSSR count). The molecule has 0 radical (unpaired) electrons. The zero-order valence-electron chi connectivity index (χ0n) is 15.7. The number of piperidine rings is 1. The van der Waals surface area contributed by atoms with E-state index < -0.39 is 0 Å². The van der Waals surface area contributed by atoms with Crippen LogP contribution in [0.3, 0.4) is 0 Å². The zero-order chi connectivity index (χ0) is 18.1. The fourth-order valence-corrected chi connectivity index (χ4v) is 3.43. The van der Waals surface area contributed by atoms with Crippen LogP contribution in [0.2, 0.25) is 0 Å². The summed E-state index contributed by atoms with van der Waals surface area (Å²) in [5.41, 5.74) is 3.68. The van der Waals surface area contributed by atoms with Crippen molar-refractivity contribution >= 4 is 5.91 Å². The molecule has 136 valence electrons. The highest BCUT2D eigenvalue weighted by atomic mass is 16.5. The number of carbonyl (C=O) groups is 1. The topological polar surface area (TPSA) is 67.4 Å². The molecule has 0 N–H and O–H groups in total. The second kappa shape index (κ2) is 7.00. The third-order valence-electron chi connectivity index (χ3n) is 5.32. The average molecular weight is 345 g/mol. The number of likely N-dealkylation sites (tertiary alicyclic amines) is 1. The van der Waals surface area contributed by atoms with E-state index in [4.69, 9.17) is 4.52 Å². The number of rotatable bonds is 4. The summed E-state index contributed by atoms with van der Waals surface area (Å²) in [6.45, 7) is 8.70. The molecule has 1 amide bonds. The van der Waals surface area contributed by atoms with Gasteiger partial charge in [0.2, 0.25) is 0 Å². The number of hydrogen-bond acceptors (Lipinski definition) is 5. The van der Waals surface area contributed by atoms with Gasteiger partial charge in [0.25, 0.3) is 5.91 Å². The number of amides is 1. The summed E-state index contributed by atoms with van der Waals surface area (Å²) in [7, 11) is 3.75. The van der Waals surface area contributed by atoms with Gasteiger partial charge in [0.1, 0.15) is 5.76 Å². The summed E-state index contributed by atoms with van der Waals surface area (Å²) in [5, 5.41) is 8.34. The van der Waals surface area contributed by atoms with Crippen molar-refractivity contribution in [2.24, 2.45) is 7.05 Å². The van der Waals surface area contributed by atoms with E-state index in [1.54, 1.807) is 4.68 Å². The van der Waals surface area contributed by atoms with Crippen LogP contribution >= 0.6 is 0 Å². The molecule has 1 aliphatic rings. The Hall–Kier alpha value is -2.15. The van der Waals surface area contributed by atoms with Gasteiger partial charge in [-0.2, -0.15) is 5.10 Å². The molecule has 2 aromatic rings. The molecule has 1 aliphatic heterocycles. The number of aromatic nitrogens is 3. The number of carbonyl (C=O) groups excluding carboxylic acids is 1. The van der Waals surface area contributed by atoms with Crippen LogP contribution in [0.1, 0.15) is 46.0 Å². The molecule has 25 heavy (non-hydrogen) atoms. The minimum absolute atomic E-state index is 0.00729. The van der Waals surface area contributed by atoms with Crippen LogP contribution in [0.15, 0.2) is 10.6 Å². The van der Waals surface area contributed by atoms with Gasteiger partial charge in [0, 0.05) is 51.0 Å². The number of aryl methyl sites for hydroxylation is 4. The lowest BCUT2D eigenvalue weighted by Gasteiger charge is -2.36. The van der Waals surface area contributed by atoms with Gasteiger partial charge in [-0.15, -0.1) is 0 Å². The highest BCUT2D eigenvalue weighted by Crippen LogP contribution is 2.21. The van der Waals surface area contributed by atoms with Crippen LogP contribution in [0.4, 0.5) is 0 Å². The van der Waals surface area contributed by atoms with Gasteiger partial charge >= 0.3 is 0 Å². The van der Waals surface area contributed by atoms with E-state index in [9.17, 15) is 4.79 Å². The molecule has 0 bridgehead atoms. The van der Waals surface area contributed by atoms with Gasteiger partial charge in [-0.3, -0.25) is 14.4 Å². The highest BCUT2D eigenvalue weighted by Gasteiger charge is 2.28. The molecule has 0 atom stereocenters. The molecular weight excluding hydrogens is 318 g/mol. The van der Waals surface area contributed by atoms with Crippen molar-refractivity contribution in [1.29, 1.82) is 0 Å². The smallest absolute Gasteiger partial charge is 0.274 e. The zero-order valence-corrected chi connectivity index (χ0v) is 15.7. The molecule has 0 aromatic carbocycles. The third kappa shape index (κ3) is 3.61. The van der Waals surface area contributed by atoms with Crippen LogP contribution in [0, 0.1) is 20.8 Å². The second-order valence-corrected chi connectivity index (χ2v) is 7.02. The van der Waals surface area contributed by atoms with Gasteiger partial charge in [-0.1, -0.05) is 5.16 Å². The predicted molar refractivity (Wildman–Crippen MR) is 94.3 cm³/mol. The van der Waals surface area contributed by atoms with Crippen molar-refractivity contribution in [1.82, 2.24) is 24.7 Å². The maximum absolute atomic E-state index is 12.7. The van der Waals surface area contributed by atoms with Crippen molar-refractivity contribution in [2.75, 3.05) is 20.1 Å². The summed E-state index contributed by atoms with van der Waals surface area (Å²) in [4.78, 5) is 16.9. The lowest BCUT2D eigenvalue weighted by molar-refractivity contribution is 0.0629. The van der Waals surface area contributed by atoms with Crippen molar-refractivity contribution in [2.45, 2.75) is 46.2 Å². The molecule has 3 heterocycles. The first kappa shape index (κ1) is 17.7. The Morgan fingerprint density at radius 2 is 2.00 bits per heavy atom. The minimum atomic E-state index is 0.00729. The van der Waals surface area contributed by atoms with E-state index in [0.29, 0.717) is 5.69 Å². The van der Waals surface area contributed by atoms with Crippen LogP contribution in [0.5, 0.6) is 0 Å². The maximum Gasteiger partial charge on any atom is 0.274 e. The van der Waals surface area contributed by atoms with E-state index in [1.165, 1.54) is 5.56 Å². The second-order valence-electron chi connectivity index (χ2n) is 7.02. The lowest BCUT2D eigenvalue weighted by atomic mass is 10.0. The Morgan fingerprint density at radius 3 is 2.52 bits per heavy atom. The van der Waals surface area contributed by atoms with E-state index in [2.05, 4.69) is 15.2 Å². The first-order valence-electron chi connectivity index (χ1n) is 8.78. The highest BCUT2D eigenvalue weighted by molar-refractivity contribution is 5.92. The first-order valence-corrected chi connectivity index (χ1v) is 8.78. The number of hydrogen-bond donors (Lipinski definition) is 0. The van der Waals surface area contributed by atoms with Crippen LogP contribution in [-0.2, 0) is 13.6 Å². The molecule has 7 heteroatoms.